The van der Waals surface area contributed by atoms with Crippen LogP contribution in [0, 0.1) is 5.92 Å². The van der Waals surface area contributed by atoms with Gasteiger partial charge < -0.3 is 16.1 Å². The minimum atomic E-state index is -0.276. The average molecular weight is 263 g/mol. The third kappa shape index (κ3) is 3.65. The van der Waals surface area contributed by atoms with E-state index < -0.39 is 0 Å². The molecule has 2 amide bonds. The Morgan fingerprint density at radius 2 is 2.05 bits per heavy atom. The molecule has 1 aliphatic rings. The average Bonchev–Trinajstić information content (AvgIpc) is 3.27. The third-order valence-corrected chi connectivity index (χ3v) is 2.88. The number of hydrazine groups is 1. The molecule has 2 rings (SSSR count). The standard InChI is InChI=1S/C12H17N5O2/c13-17-10-3-4-14-7-9(10)12(19)16-6-5-15-11(18)8-1-2-8/h3-4,7-8H,1-2,5-6,13H2,(H,14,17)(H,15,18)(H,16,19). The second-order valence-electron chi connectivity index (χ2n) is 4.39. The summed E-state index contributed by atoms with van der Waals surface area (Å²) in [6.45, 7) is 0.795. The van der Waals surface area contributed by atoms with E-state index >= 15 is 0 Å². The molecule has 0 saturated heterocycles. The van der Waals surface area contributed by atoms with Crippen LogP contribution < -0.4 is 21.9 Å². The van der Waals surface area contributed by atoms with Crippen molar-refractivity contribution in [3.05, 3.63) is 24.0 Å². The SMILES string of the molecule is NNc1ccncc1C(=O)NCCNC(=O)C1CC1. The summed E-state index contributed by atoms with van der Waals surface area (Å²) in [7, 11) is 0. The van der Waals surface area contributed by atoms with E-state index in [0.29, 0.717) is 24.3 Å². The van der Waals surface area contributed by atoms with Gasteiger partial charge in [0.2, 0.25) is 5.91 Å². The van der Waals surface area contributed by atoms with E-state index in [0.717, 1.165) is 12.8 Å². The van der Waals surface area contributed by atoms with E-state index in [4.69, 9.17) is 5.84 Å². The first kappa shape index (κ1) is 13.3. The van der Waals surface area contributed by atoms with E-state index in [1.165, 1.54) is 6.20 Å². The molecular weight excluding hydrogens is 246 g/mol. The number of hydrogen-bond donors (Lipinski definition) is 4. The van der Waals surface area contributed by atoms with Gasteiger partial charge in [0.05, 0.1) is 11.3 Å². The van der Waals surface area contributed by atoms with Crippen LogP contribution in [-0.4, -0.2) is 29.9 Å². The molecule has 0 atom stereocenters. The molecule has 1 fully saturated rings. The molecule has 0 bridgehead atoms. The smallest absolute Gasteiger partial charge is 0.255 e. The van der Waals surface area contributed by atoms with Gasteiger partial charge in [0.15, 0.2) is 0 Å². The highest BCUT2D eigenvalue weighted by molar-refractivity contribution is 5.99. The number of rotatable bonds is 6. The number of nitrogens with two attached hydrogens (primary N) is 1. The Balaban J connectivity index is 1.75. The Kier molecular flexibility index (Phi) is 4.30. The molecule has 1 aromatic heterocycles. The quantitative estimate of drug-likeness (QED) is 0.318. The van der Waals surface area contributed by atoms with Gasteiger partial charge in [0, 0.05) is 31.4 Å². The molecule has 19 heavy (non-hydrogen) atoms. The molecule has 0 radical (unpaired) electrons. The summed E-state index contributed by atoms with van der Waals surface area (Å²) in [6.07, 6.45) is 4.92. The van der Waals surface area contributed by atoms with Crippen molar-refractivity contribution in [1.82, 2.24) is 15.6 Å². The van der Waals surface area contributed by atoms with Crippen LogP contribution in [0.25, 0.3) is 0 Å². The van der Waals surface area contributed by atoms with E-state index in [1.807, 2.05) is 0 Å². The first-order valence-electron chi connectivity index (χ1n) is 6.19. The summed E-state index contributed by atoms with van der Waals surface area (Å²) in [6, 6.07) is 1.61. The largest absolute Gasteiger partial charge is 0.354 e. The van der Waals surface area contributed by atoms with Crippen LogP contribution >= 0.6 is 0 Å². The fourth-order valence-electron chi connectivity index (χ4n) is 1.65. The summed E-state index contributed by atoms with van der Waals surface area (Å²) >= 11 is 0. The third-order valence-electron chi connectivity index (χ3n) is 2.88. The van der Waals surface area contributed by atoms with Crippen LogP contribution in [0.2, 0.25) is 0 Å². The zero-order valence-electron chi connectivity index (χ0n) is 10.5. The van der Waals surface area contributed by atoms with Gasteiger partial charge >= 0.3 is 0 Å². The van der Waals surface area contributed by atoms with Gasteiger partial charge in [-0.3, -0.25) is 20.4 Å². The van der Waals surface area contributed by atoms with Gasteiger partial charge in [-0.1, -0.05) is 0 Å². The molecule has 1 aliphatic carbocycles. The zero-order chi connectivity index (χ0) is 13.7. The summed E-state index contributed by atoms with van der Waals surface area (Å²) in [5.74, 6) is 5.28. The van der Waals surface area contributed by atoms with E-state index in [2.05, 4.69) is 21.0 Å². The second-order valence-corrected chi connectivity index (χ2v) is 4.39. The summed E-state index contributed by atoms with van der Waals surface area (Å²) in [4.78, 5) is 27.1. The molecule has 5 N–H and O–H groups in total. The van der Waals surface area contributed by atoms with Gasteiger partial charge in [0.25, 0.3) is 5.91 Å². The lowest BCUT2D eigenvalue weighted by atomic mass is 10.2. The molecule has 1 heterocycles. The molecule has 7 heteroatoms. The van der Waals surface area contributed by atoms with Crippen molar-refractivity contribution in [2.75, 3.05) is 18.5 Å². The maximum Gasteiger partial charge on any atom is 0.255 e. The van der Waals surface area contributed by atoms with Crippen molar-refractivity contribution in [2.24, 2.45) is 11.8 Å². The maximum absolute atomic E-state index is 11.9. The van der Waals surface area contributed by atoms with Crippen molar-refractivity contribution in [2.45, 2.75) is 12.8 Å². The van der Waals surface area contributed by atoms with E-state index in [-0.39, 0.29) is 17.7 Å². The molecule has 1 aromatic rings. The number of nitrogens with zero attached hydrogens (tertiary/aromatic N) is 1. The maximum atomic E-state index is 11.9. The highest BCUT2D eigenvalue weighted by Crippen LogP contribution is 2.28. The minimum absolute atomic E-state index is 0.0694. The van der Waals surface area contributed by atoms with Gasteiger partial charge in [0.1, 0.15) is 0 Å². The van der Waals surface area contributed by atoms with Crippen molar-refractivity contribution >= 4 is 17.5 Å². The first-order chi connectivity index (χ1) is 9.22. The van der Waals surface area contributed by atoms with Gasteiger partial charge in [-0.25, -0.2) is 0 Å². The highest BCUT2D eigenvalue weighted by Gasteiger charge is 2.28. The second kappa shape index (κ2) is 6.14. The number of nitrogens with one attached hydrogen (secondary N) is 3. The van der Waals surface area contributed by atoms with E-state index in [9.17, 15) is 9.59 Å². The lowest BCUT2D eigenvalue weighted by molar-refractivity contribution is -0.122. The normalized spacial score (nSPS) is 13.7. The number of nitrogen functional groups attached to an aromatic ring is 1. The van der Waals surface area contributed by atoms with Gasteiger partial charge in [-0.15, -0.1) is 0 Å². The van der Waals surface area contributed by atoms with Crippen LogP contribution in [-0.2, 0) is 4.79 Å². The molecule has 0 spiro atoms. The molecule has 0 aliphatic heterocycles. The first-order valence-corrected chi connectivity index (χ1v) is 6.19. The Hall–Kier alpha value is -2.15. The van der Waals surface area contributed by atoms with Crippen molar-refractivity contribution in [3.8, 4) is 0 Å². The van der Waals surface area contributed by atoms with Crippen LogP contribution in [0.1, 0.15) is 23.2 Å². The number of amides is 2. The molecule has 7 nitrogen and oxygen atoms in total. The Labute approximate surface area is 110 Å². The minimum Gasteiger partial charge on any atom is -0.354 e. The monoisotopic (exact) mass is 263 g/mol. The Bertz CT molecular complexity index is 473. The van der Waals surface area contributed by atoms with Crippen molar-refractivity contribution in [1.29, 1.82) is 0 Å². The van der Waals surface area contributed by atoms with Gasteiger partial charge in [-0.05, 0) is 18.9 Å². The van der Waals surface area contributed by atoms with Gasteiger partial charge in [-0.2, -0.15) is 0 Å². The van der Waals surface area contributed by atoms with Crippen molar-refractivity contribution < 1.29 is 9.59 Å². The van der Waals surface area contributed by atoms with E-state index in [1.54, 1.807) is 12.3 Å². The lowest BCUT2D eigenvalue weighted by Crippen LogP contribution is -2.35. The number of aromatic nitrogens is 1. The molecular formula is C12H17N5O2. The topological polar surface area (TPSA) is 109 Å². The Morgan fingerprint density at radius 1 is 1.32 bits per heavy atom. The molecule has 1 saturated carbocycles. The molecule has 0 unspecified atom stereocenters. The number of hydrogen-bond acceptors (Lipinski definition) is 5. The number of carbonyl (C=O) groups is 2. The number of pyridine rings is 1. The fraction of sp³-hybridized carbons (Fsp3) is 0.417. The highest BCUT2D eigenvalue weighted by atomic mass is 16.2. The predicted molar refractivity (Wildman–Crippen MR) is 70.1 cm³/mol. The zero-order valence-corrected chi connectivity index (χ0v) is 10.5. The summed E-state index contributed by atoms with van der Waals surface area (Å²) < 4.78 is 0. The van der Waals surface area contributed by atoms with Crippen molar-refractivity contribution in [3.63, 3.8) is 0 Å². The fourth-order valence-corrected chi connectivity index (χ4v) is 1.65. The lowest BCUT2D eigenvalue weighted by Gasteiger charge is -2.09. The van der Waals surface area contributed by atoms with Crippen LogP contribution in [0.3, 0.4) is 0 Å². The number of anilines is 1. The predicted octanol–water partition coefficient (Wildman–Crippen LogP) is -0.377. The molecule has 0 aromatic carbocycles. The van der Waals surface area contributed by atoms with Crippen LogP contribution in [0.5, 0.6) is 0 Å². The van der Waals surface area contributed by atoms with Crippen LogP contribution in [0.15, 0.2) is 18.5 Å². The molecule has 102 valence electrons. The Morgan fingerprint density at radius 3 is 2.74 bits per heavy atom. The van der Waals surface area contributed by atoms with Crippen LogP contribution in [0.4, 0.5) is 5.69 Å². The summed E-state index contributed by atoms with van der Waals surface area (Å²) in [5.41, 5.74) is 3.32. The number of carbonyl (C=O) groups excluding carboxylic acids is 2. The summed E-state index contributed by atoms with van der Waals surface area (Å²) in [5, 5.41) is 5.47.